The normalized spacial score (nSPS) is 15.6. The fourth-order valence-electron chi connectivity index (χ4n) is 0.617. The molecule has 11 heavy (non-hydrogen) atoms. The lowest BCUT2D eigenvalue weighted by Gasteiger charge is -2.16. The van der Waals surface area contributed by atoms with Crippen LogP contribution in [0.1, 0.15) is 13.3 Å². The van der Waals surface area contributed by atoms with Gasteiger partial charge < -0.3 is 15.2 Å². The van der Waals surface area contributed by atoms with Crippen molar-refractivity contribution in [2.45, 2.75) is 25.5 Å². The minimum absolute atomic E-state index is 0.117. The van der Waals surface area contributed by atoms with Gasteiger partial charge in [0.15, 0.2) is 0 Å². The third-order valence-corrected chi connectivity index (χ3v) is 1.60. The largest absolute Gasteiger partial charge is 0.469 e. The Morgan fingerprint density at radius 3 is 2.45 bits per heavy atom. The summed E-state index contributed by atoms with van der Waals surface area (Å²) in [6.07, 6.45) is 0.0833. The Morgan fingerprint density at radius 1 is 1.55 bits per heavy atom. The van der Waals surface area contributed by atoms with Crippen LogP contribution in [0.15, 0.2) is 0 Å². The topological polar surface area (TPSA) is 61.5 Å². The molecule has 2 N–H and O–H groups in total. The Bertz CT molecular complexity index is 127. The van der Waals surface area contributed by atoms with E-state index in [9.17, 15) is 4.79 Å². The van der Waals surface area contributed by atoms with Crippen LogP contribution in [0, 0.1) is 0 Å². The molecule has 0 bridgehead atoms. The zero-order valence-electron chi connectivity index (χ0n) is 7.16. The second-order valence-electron chi connectivity index (χ2n) is 2.38. The molecule has 0 aliphatic carbocycles. The van der Waals surface area contributed by atoms with Gasteiger partial charge in [0.05, 0.1) is 19.6 Å². The number of ether oxygens (including phenoxy) is 2. The van der Waals surface area contributed by atoms with E-state index in [0.717, 1.165) is 0 Å². The summed E-state index contributed by atoms with van der Waals surface area (Å²) in [4.78, 5) is 10.7. The smallest absolute Gasteiger partial charge is 0.307 e. The van der Waals surface area contributed by atoms with Crippen LogP contribution in [0.5, 0.6) is 0 Å². The van der Waals surface area contributed by atoms with Crippen LogP contribution in [0.4, 0.5) is 0 Å². The number of carbonyl (C=O) groups excluding carboxylic acids is 1. The average molecular weight is 161 g/mol. The zero-order valence-corrected chi connectivity index (χ0v) is 7.16. The van der Waals surface area contributed by atoms with E-state index in [1.54, 1.807) is 7.11 Å². The maximum atomic E-state index is 10.7. The first-order valence-corrected chi connectivity index (χ1v) is 3.47. The Hall–Kier alpha value is -0.610. The van der Waals surface area contributed by atoms with Crippen molar-refractivity contribution < 1.29 is 14.3 Å². The molecule has 0 spiro atoms. The number of methoxy groups -OCH3 is 2. The van der Waals surface area contributed by atoms with Crippen LogP contribution < -0.4 is 5.73 Å². The fourth-order valence-corrected chi connectivity index (χ4v) is 0.617. The first-order valence-electron chi connectivity index (χ1n) is 3.47. The van der Waals surface area contributed by atoms with Crippen molar-refractivity contribution in [3.05, 3.63) is 0 Å². The molecule has 0 unspecified atom stereocenters. The predicted octanol–water partition coefficient (Wildman–Crippen LogP) is -0.0883. The van der Waals surface area contributed by atoms with Crippen molar-refractivity contribution in [2.75, 3.05) is 14.2 Å². The van der Waals surface area contributed by atoms with E-state index in [1.807, 2.05) is 6.92 Å². The van der Waals surface area contributed by atoms with Crippen molar-refractivity contribution in [1.29, 1.82) is 0 Å². The van der Waals surface area contributed by atoms with Crippen LogP contribution in [-0.2, 0) is 14.3 Å². The van der Waals surface area contributed by atoms with Gasteiger partial charge in [-0.25, -0.2) is 0 Å². The molecule has 0 aromatic rings. The molecule has 0 radical (unpaired) electrons. The third-order valence-electron chi connectivity index (χ3n) is 1.60. The van der Waals surface area contributed by atoms with E-state index in [4.69, 9.17) is 10.5 Å². The number of rotatable bonds is 4. The molecule has 0 aromatic carbocycles. The predicted molar refractivity (Wildman–Crippen MR) is 41.1 cm³/mol. The standard InChI is InChI=1S/C7H15NO3/c1-5(10-2)6(8)4-7(9)11-3/h5-6H,4,8H2,1-3H3/t5-,6-/m1/s1. The van der Waals surface area contributed by atoms with Crippen LogP contribution in [-0.4, -0.2) is 32.3 Å². The summed E-state index contributed by atoms with van der Waals surface area (Å²) in [5.41, 5.74) is 5.58. The molecule has 4 nitrogen and oxygen atoms in total. The summed E-state index contributed by atoms with van der Waals surface area (Å²) < 4.78 is 9.37. The van der Waals surface area contributed by atoms with Crippen molar-refractivity contribution in [1.82, 2.24) is 0 Å². The Labute approximate surface area is 66.7 Å². The molecule has 0 fully saturated rings. The van der Waals surface area contributed by atoms with E-state index in [1.165, 1.54) is 7.11 Å². The highest BCUT2D eigenvalue weighted by Gasteiger charge is 2.15. The Kier molecular flexibility index (Phi) is 4.81. The summed E-state index contributed by atoms with van der Waals surface area (Å²) >= 11 is 0. The molecule has 0 aliphatic heterocycles. The summed E-state index contributed by atoms with van der Waals surface area (Å²) in [5.74, 6) is -0.304. The average Bonchev–Trinajstić information content (AvgIpc) is 2.02. The summed E-state index contributed by atoms with van der Waals surface area (Å²) in [6.45, 7) is 1.81. The van der Waals surface area contributed by atoms with Gasteiger partial charge in [-0.1, -0.05) is 0 Å². The summed E-state index contributed by atoms with van der Waals surface area (Å²) in [5, 5.41) is 0. The van der Waals surface area contributed by atoms with Crippen molar-refractivity contribution >= 4 is 5.97 Å². The first kappa shape index (κ1) is 10.4. The highest BCUT2D eigenvalue weighted by atomic mass is 16.5. The second-order valence-corrected chi connectivity index (χ2v) is 2.38. The van der Waals surface area contributed by atoms with E-state index >= 15 is 0 Å². The van der Waals surface area contributed by atoms with Crippen LogP contribution in [0.3, 0.4) is 0 Å². The lowest BCUT2D eigenvalue weighted by molar-refractivity contribution is -0.141. The van der Waals surface area contributed by atoms with E-state index in [0.29, 0.717) is 0 Å². The lowest BCUT2D eigenvalue weighted by Crippen LogP contribution is -2.36. The minimum atomic E-state index is -0.304. The number of carbonyl (C=O) groups is 1. The Balaban J connectivity index is 3.67. The monoisotopic (exact) mass is 161 g/mol. The Morgan fingerprint density at radius 2 is 2.09 bits per heavy atom. The van der Waals surface area contributed by atoms with Crippen molar-refractivity contribution in [3.63, 3.8) is 0 Å². The lowest BCUT2D eigenvalue weighted by atomic mass is 10.1. The number of nitrogens with two attached hydrogens (primary N) is 1. The third kappa shape index (κ3) is 3.95. The van der Waals surface area contributed by atoms with Gasteiger partial charge in [-0.05, 0) is 6.92 Å². The zero-order chi connectivity index (χ0) is 8.85. The van der Waals surface area contributed by atoms with Crippen LogP contribution in [0.25, 0.3) is 0 Å². The maximum Gasteiger partial charge on any atom is 0.307 e. The van der Waals surface area contributed by atoms with E-state index in [2.05, 4.69) is 4.74 Å². The van der Waals surface area contributed by atoms with Gasteiger partial charge in [0.25, 0.3) is 0 Å². The molecule has 0 saturated carbocycles. The molecule has 2 atom stereocenters. The van der Waals surface area contributed by atoms with Gasteiger partial charge in [0.1, 0.15) is 0 Å². The molecule has 66 valence electrons. The van der Waals surface area contributed by atoms with Gasteiger partial charge in [-0.3, -0.25) is 4.79 Å². The molecular formula is C7H15NO3. The molecule has 0 amide bonds. The van der Waals surface area contributed by atoms with E-state index < -0.39 is 0 Å². The van der Waals surface area contributed by atoms with Crippen molar-refractivity contribution in [3.8, 4) is 0 Å². The second kappa shape index (κ2) is 5.09. The van der Waals surface area contributed by atoms with Crippen LogP contribution >= 0.6 is 0 Å². The molecule has 0 heterocycles. The maximum absolute atomic E-state index is 10.7. The fraction of sp³-hybridized carbons (Fsp3) is 0.857. The van der Waals surface area contributed by atoms with Gasteiger partial charge in [-0.15, -0.1) is 0 Å². The van der Waals surface area contributed by atoms with Gasteiger partial charge in [-0.2, -0.15) is 0 Å². The molecule has 0 aromatic heterocycles. The van der Waals surface area contributed by atoms with E-state index in [-0.39, 0.29) is 24.5 Å². The number of hydrogen-bond donors (Lipinski definition) is 1. The quantitative estimate of drug-likeness (QED) is 0.585. The summed E-state index contributed by atoms with van der Waals surface area (Å²) in [7, 11) is 2.90. The van der Waals surface area contributed by atoms with Gasteiger partial charge >= 0.3 is 5.97 Å². The highest BCUT2D eigenvalue weighted by Crippen LogP contribution is 1.99. The highest BCUT2D eigenvalue weighted by molar-refractivity contribution is 5.69. The van der Waals surface area contributed by atoms with Crippen LogP contribution in [0.2, 0.25) is 0 Å². The first-order chi connectivity index (χ1) is 5.11. The minimum Gasteiger partial charge on any atom is -0.469 e. The molecular weight excluding hydrogens is 146 g/mol. The number of esters is 1. The molecule has 0 rings (SSSR count). The van der Waals surface area contributed by atoms with Gasteiger partial charge in [0.2, 0.25) is 0 Å². The number of hydrogen-bond acceptors (Lipinski definition) is 4. The van der Waals surface area contributed by atoms with Gasteiger partial charge in [0, 0.05) is 13.2 Å². The SMILES string of the molecule is COC(=O)C[C@@H](N)[C@@H](C)OC. The molecule has 4 heteroatoms. The molecule has 0 aliphatic rings. The summed E-state index contributed by atoms with van der Waals surface area (Å²) in [6, 6.07) is -0.285. The molecule has 0 saturated heterocycles. The van der Waals surface area contributed by atoms with Crippen molar-refractivity contribution in [2.24, 2.45) is 5.73 Å².